The SMILES string of the molecule is COC(=O)c1cc(C(C)(O)CO)c(C(C)(C)OC)c(OC)n1. The van der Waals surface area contributed by atoms with Gasteiger partial charge in [-0.2, -0.15) is 0 Å². The zero-order valence-electron chi connectivity index (χ0n) is 13.8. The van der Waals surface area contributed by atoms with Crippen molar-refractivity contribution >= 4 is 5.97 Å². The fourth-order valence-electron chi connectivity index (χ4n) is 2.07. The maximum absolute atomic E-state index is 11.8. The van der Waals surface area contributed by atoms with Crippen LogP contribution in [0.2, 0.25) is 0 Å². The normalized spacial score (nSPS) is 14.4. The maximum atomic E-state index is 11.8. The van der Waals surface area contributed by atoms with Crippen molar-refractivity contribution in [2.75, 3.05) is 27.9 Å². The Hall–Kier alpha value is -1.70. The molecule has 0 aliphatic heterocycles. The second-order valence-electron chi connectivity index (χ2n) is 5.58. The highest BCUT2D eigenvalue weighted by Gasteiger charge is 2.37. The molecular weight excluding hydrogens is 290 g/mol. The zero-order chi connectivity index (χ0) is 17.1. The van der Waals surface area contributed by atoms with Crippen molar-refractivity contribution in [1.82, 2.24) is 4.98 Å². The van der Waals surface area contributed by atoms with E-state index in [1.807, 2.05) is 0 Å². The molecule has 1 rings (SSSR count). The average molecular weight is 313 g/mol. The summed E-state index contributed by atoms with van der Waals surface area (Å²) in [6.07, 6.45) is 0. The minimum atomic E-state index is -1.61. The molecule has 0 saturated carbocycles. The van der Waals surface area contributed by atoms with Crippen LogP contribution in [0.1, 0.15) is 42.4 Å². The van der Waals surface area contributed by atoms with Crippen molar-refractivity contribution in [1.29, 1.82) is 0 Å². The molecule has 0 saturated heterocycles. The van der Waals surface area contributed by atoms with Crippen molar-refractivity contribution in [3.63, 3.8) is 0 Å². The van der Waals surface area contributed by atoms with Crippen molar-refractivity contribution in [2.45, 2.75) is 32.0 Å². The van der Waals surface area contributed by atoms with E-state index in [2.05, 4.69) is 9.72 Å². The first-order valence-electron chi connectivity index (χ1n) is 6.71. The van der Waals surface area contributed by atoms with Crippen LogP contribution in [0.15, 0.2) is 6.07 Å². The molecule has 0 aromatic carbocycles. The van der Waals surface area contributed by atoms with Crippen molar-refractivity contribution < 1.29 is 29.2 Å². The molecule has 124 valence electrons. The van der Waals surface area contributed by atoms with Gasteiger partial charge in [-0.05, 0) is 32.4 Å². The van der Waals surface area contributed by atoms with Crippen LogP contribution in [0.3, 0.4) is 0 Å². The van der Waals surface area contributed by atoms with Gasteiger partial charge < -0.3 is 24.4 Å². The monoisotopic (exact) mass is 313 g/mol. The molecule has 2 N–H and O–H groups in total. The molecule has 1 aromatic heterocycles. The summed E-state index contributed by atoms with van der Waals surface area (Å²) in [5, 5.41) is 20.0. The van der Waals surface area contributed by atoms with E-state index in [0.29, 0.717) is 5.56 Å². The van der Waals surface area contributed by atoms with Gasteiger partial charge in [-0.15, -0.1) is 0 Å². The Morgan fingerprint density at radius 2 is 1.86 bits per heavy atom. The Morgan fingerprint density at radius 1 is 1.27 bits per heavy atom. The number of aliphatic hydroxyl groups excluding tert-OH is 1. The van der Waals surface area contributed by atoms with E-state index in [4.69, 9.17) is 9.47 Å². The van der Waals surface area contributed by atoms with Crippen LogP contribution in [0.4, 0.5) is 0 Å². The standard InChI is InChI=1S/C15H23NO6/c1-14(2,22-6)11-9(15(3,19)8-17)7-10(13(18)21-5)16-12(11)20-4/h7,17,19H,8H2,1-6H3. The van der Waals surface area contributed by atoms with Gasteiger partial charge >= 0.3 is 5.97 Å². The lowest BCUT2D eigenvalue weighted by atomic mass is 9.85. The van der Waals surface area contributed by atoms with Crippen LogP contribution < -0.4 is 4.74 Å². The van der Waals surface area contributed by atoms with Gasteiger partial charge in [0.25, 0.3) is 0 Å². The molecule has 0 aliphatic rings. The zero-order valence-corrected chi connectivity index (χ0v) is 13.8. The summed E-state index contributed by atoms with van der Waals surface area (Å²) in [4.78, 5) is 15.9. The Bertz CT molecular complexity index is 553. The smallest absolute Gasteiger partial charge is 0.356 e. The molecule has 1 atom stereocenters. The molecule has 7 nitrogen and oxygen atoms in total. The molecule has 22 heavy (non-hydrogen) atoms. The lowest BCUT2D eigenvalue weighted by molar-refractivity contribution is -0.0170. The van der Waals surface area contributed by atoms with Gasteiger partial charge in [0.05, 0.1) is 32.0 Å². The summed E-state index contributed by atoms with van der Waals surface area (Å²) < 4.78 is 15.4. The van der Waals surface area contributed by atoms with E-state index in [-0.39, 0.29) is 17.1 Å². The van der Waals surface area contributed by atoms with Gasteiger partial charge in [-0.3, -0.25) is 0 Å². The van der Waals surface area contributed by atoms with E-state index in [9.17, 15) is 15.0 Å². The van der Waals surface area contributed by atoms with E-state index < -0.39 is 23.8 Å². The van der Waals surface area contributed by atoms with Gasteiger partial charge in [0.2, 0.25) is 5.88 Å². The first-order chi connectivity index (χ1) is 10.1. The molecule has 1 heterocycles. The van der Waals surface area contributed by atoms with Crippen LogP contribution >= 0.6 is 0 Å². The Balaban J connectivity index is 3.77. The Labute approximate surface area is 129 Å². The maximum Gasteiger partial charge on any atom is 0.356 e. The second-order valence-corrected chi connectivity index (χ2v) is 5.58. The van der Waals surface area contributed by atoms with Crippen LogP contribution in [0.25, 0.3) is 0 Å². The van der Waals surface area contributed by atoms with Crippen LogP contribution in [0, 0.1) is 0 Å². The fourth-order valence-corrected chi connectivity index (χ4v) is 2.07. The molecule has 0 bridgehead atoms. The summed E-state index contributed by atoms with van der Waals surface area (Å²) >= 11 is 0. The third-order valence-corrected chi connectivity index (χ3v) is 3.57. The largest absolute Gasteiger partial charge is 0.481 e. The van der Waals surface area contributed by atoms with E-state index in [1.165, 1.54) is 34.3 Å². The van der Waals surface area contributed by atoms with Gasteiger partial charge in [0.15, 0.2) is 5.69 Å². The molecule has 0 spiro atoms. The lowest BCUT2D eigenvalue weighted by Gasteiger charge is -2.32. The topological polar surface area (TPSA) is 98.1 Å². The number of ether oxygens (including phenoxy) is 3. The quantitative estimate of drug-likeness (QED) is 0.755. The molecule has 0 fully saturated rings. The van der Waals surface area contributed by atoms with Gasteiger partial charge in [-0.1, -0.05) is 0 Å². The Morgan fingerprint density at radius 3 is 2.27 bits per heavy atom. The summed E-state index contributed by atoms with van der Waals surface area (Å²) in [5.41, 5.74) is -1.76. The van der Waals surface area contributed by atoms with E-state index >= 15 is 0 Å². The molecule has 1 aromatic rings. The summed E-state index contributed by atoms with van der Waals surface area (Å²) in [6, 6.07) is 1.38. The van der Waals surface area contributed by atoms with Crippen molar-refractivity contribution in [3.8, 4) is 5.88 Å². The minimum absolute atomic E-state index is 0.0290. The number of aromatic nitrogens is 1. The lowest BCUT2D eigenvalue weighted by Crippen LogP contribution is -2.33. The predicted octanol–water partition coefficient (Wildman–Crippen LogP) is 0.958. The predicted molar refractivity (Wildman–Crippen MR) is 78.8 cm³/mol. The van der Waals surface area contributed by atoms with Crippen LogP contribution in [-0.2, 0) is 20.7 Å². The molecule has 7 heteroatoms. The number of pyridine rings is 1. The van der Waals surface area contributed by atoms with E-state index in [1.54, 1.807) is 13.8 Å². The van der Waals surface area contributed by atoms with Gasteiger partial charge in [0, 0.05) is 7.11 Å². The first-order valence-corrected chi connectivity index (χ1v) is 6.71. The van der Waals surface area contributed by atoms with Gasteiger partial charge in [0.1, 0.15) is 5.60 Å². The second kappa shape index (κ2) is 6.60. The third-order valence-electron chi connectivity index (χ3n) is 3.57. The number of aliphatic hydroxyl groups is 2. The highest BCUT2D eigenvalue weighted by molar-refractivity contribution is 5.87. The van der Waals surface area contributed by atoms with E-state index in [0.717, 1.165) is 0 Å². The fraction of sp³-hybridized carbons (Fsp3) is 0.600. The van der Waals surface area contributed by atoms with Crippen LogP contribution in [-0.4, -0.2) is 49.1 Å². The number of carbonyl (C=O) groups excluding carboxylic acids is 1. The highest BCUT2D eigenvalue weighted by Crippen LogP contribution is 2.39. The number of methoxy groups -OCH3 is 3. The Kier molecular flexibility index (Phi) is 5.50. The highest BCUT2D eigenvalue weighted by atomic mass is 16.5. The molecule has 0 aliphatic carbocycles. The average Bonchev–Trinajstić information content (AvgIpc) is 2.52. The third kappa shape index (κ3) is 3.37. The minimum Gasteiger partial charge on any atom is -0.481 e. The number of hydrogen-bond acceptors (Lipinski definition) is 7. The van der Waals surface area contributed by atoms with Crippen molar-refractivity contribution in [3.05, 3.63) is 22.9 Å². The number of carbonyl (C=O) groups is 1. The molecule has 0 amide bonds. The number of nitrogens with zero attached hydrogens (tertiary/aromatic N) is 1. The summed E-state index contributed by atoms with van der Waals surface area (Å²) in [6.45, 7) is 4.41. The molecule has 1 unspecified atom stereocenters. The molecule has 0 radical (unpaired) electrons. The van der Waals surface area contributed by atoms with Gasteiger partial charge in [-0.25, -0.2) is 9.78 Å². The number of esters is 1. The van der Waals surface area contributed by atoms with Crippen molar-refractivity contribution in [2.24, 2.45) is 0 Å². The summed E-state index contributed by atoms with van der Waals surface area (Å²) in [7, 11) is 4.13. The number of rotatable bonds is 6. The number of hydrogen-bond donors (Lipinski definition) is 2. The summed E-state index contributed by atoms with van der Waals surface area (Å²) in [5.74, 6) is -0.548. The van der Waals surface area contributed by atoms with Crippen LogP contribution in [0.5, 0.6) is 5.88 Å². The molecular formula is C15H23NO6. The first kappa shape index (κ1) is 18.3.